The van der Waals surface area contributed by atoms with Crippen LogP contribution in [-0.2, 0) is 10.2 Å². The van der Waals surface area contributed by atoms with Gasteiger partial charge in [0.2, 0.25) is 0 Å². The van der Waals surface area contributed by atoms with Crippen molar-refractivity contribution in [3.05, 3.63) is 55.2 Å². The number of hydrogen-bond donors (Lipinski definition) is 3. The largest absolute Gasteiger partial charge is 0.481 e. The molecule has 1 aliphatic rings. The summed E-state index contributed by atoms with van der Waals surface area (Å²) in [5.74, 6) is -0.973. The van der Waals surface area contributed by atoms with E-state index in [2.05, 4.69) is 9.97 Å². The summed E-state index contributed by atoms with van der Waals surface area (Å²) in [5.41, 5.74) is -0.107. The normalized spacial score (nSPS) is 18.5. The number of carboxylic acids is 1. The predicted molar refractivity (Wildman–Crippen MR) is 86.1 cm³/mol. The molecule has 1 atom stereocenters. The Bertz CT molecular complexity index is 915. The number of H-pyrrole nitrogens is 2. The number of fused-ring (bicyclic) bond motifs is 3. The third-order valence-corrected chi connectivity index (χ3v) is 4.54. The van der Waals surface area contributed by atoms with E-state index in [-0.39, 0.29) is 6.42 Å². The van der Waals surface area contributed by atoms with Crippen molar-refractivity contribution in [2.45, 2.75) is 31.6 Å². The number of aliphatic carboxylic acids is 1. The zero-order valence-electron chi connectivity index (χ0n) is 12.4. The van der Waals surface area contributed by atoms with Gasteiger partial charge < -0.3 is 15.1 Å². The number of halogens is 1. The molecule has 1 aliphatic carbocycles. The minimum absolute atomic E-state index is 0.176. The standard InChI is InChI=1S/C16H15ClN2O4/c1-2-5-16(7-11(20)21)10-4-3-8(17)6-9(10)12-13(16)19-15(23)14(22)18-12/h3-4,6H,2,5,7H2,1H3,(H,18,22)(H,19,23)(H,20,21). The molecule has 7 heteroatoms. The summed E-state index contributed by atoms with van der Waals surface area (Å²) in [5, 5.41) is 9.88. The molecular weight excluding hydrogens is 320 g/mol. The SMILES string of the molecule is CCCC1(CC(=O)O)c2ccc(Cl)cc2-c2[nH]c(=O)c(=O)[nH]c21. The van der Waals surface area contributed by atoms with Crippen LogP contribution in [0.2, 0.25) is 5.02 Å². The van der Waals surface area contributed by atoms with E-state index < -0.39 is 22.5 Å². The second-order valence-electron chi connectivity index (χ2n) is 5.75. The number of carboxylic acid groups (broad SMARTS) is 1. The summed E-state index contributed by atoms with van der Waals surface area (Å²) < 4.78 is 0. The highest BCUT2D eigenvalue weighted by molar-refractivity contribution is 6.31. The Morgan fingerprint density at radius 3 is 2.61 bits per heavy atom. The lowest BCUT2D eigenvalue weighted by atomic mass is 9.74. The summed E-state index contributed by atoms with van der Waals surface area (Å²) in [6.45, 7) is 1.95. The molecule has 0 aliphatic heterocycles. The number of aromatic nitrogens is 2. The van der Waals surface area contributed by atoms with Crippen molar-refractivity contribution in [3.8, 4) is 11.3 Å². The summed E-state index contributed by atoms with van der Waals surface area (Å²) >= 11 is 6.06. The molecule has 0 fully saturated rings. The van der Waals surface area contributed by atoms with E-state index in [1.54, 1.807) is 18.2 Å². The topological polar surface area (TPSA) is 103 Å². The Morgan fingerprint density at radius 2 is 1.96 bits per heavy atom. The first kappa shape index (κ1) is 15.6. The van der Waals surface area contributed by atoms with E-state index in [4.69, 9.17) is 11.6 Å². The maximum atomic E-state index is 11.8. The molecule has 0 radical (unpaired) electrons. The van der Waals surface area contributed by atoms with Crippen LogP contribution in [-0.4, -0.2) is 21.0 Å². The molecule has 0 bridgehead atoms. The van der Waals surface area contributed by atoms with E-state index in [1.165, 1.54) is 0 Å². The smallest absolute Gasteiger partial charge is 0.314 e. The quantitative estimate of drug-likeness (QED) is 0.746. The molecule has 3 N–H and O–H groups in total. The molecule has 1 aromatic heterocycles. The molecule has 1 aromatic carbocycles. The van der Waals surface area contributed by atoms with Crippen LogP contribution in [0, 0.1) is 0 Å². The molecule has 23 heavy (non-hydrogen) atoms. The summed E-state index contributed by atoms with van der Waals surface area (Å²) in [7, 11) is 0. The van der Waals surface area contributed by atoms with Crippen LogP contribution < -0.4 is 11.1 Å². The molecule has 0 spiro atoms. The van der Waals surface area contributed by atoms with Crippen molar-refractivity contribution in [2.24, 2.45) is 0 Å². The number of aromatic amines is 2. The second-order valence-corrected chi connectivity index (χ2v) is 6.19. The van der Waals surface area contributed by atoms with Crippen molar-refractivity contribution in [3.63, 3.8) is 0 Å². The molecular formula is C16H15ClN2O4. The van der Waals surface area contributed by atoms with Crippen LogP contribution in [0.15, 0.2) is 27.8 Å². The van der Waals surface area contributed by atoms with Gasteiger partial charge in [0.1, 0.15) is 0 Å². The van der Waals surface area contributed by atoms with E-state index in [1.807, 2.05) is 6.92 Å². The van der Waals surface area contributed by atoms with Gasteiger partial charge in [0.15, 0.2) is 0 Å². The van der Waals surface area contributed by atoms with Crippen LogP contribution in [0.4, 0.5) is 0 Å². The first-order valence-corrected chi connectivity index (χ1v) is 7.66. The summed E-state index contributed by atoms with van der Waals surface area (Å²) in [4.78, 5) is 40.2. The molecule has 0 saturated heterocycles. The number of nitrogens with one attached hydrogen (secondary N) is 2. The van der Waals surface area contributed by atoms with Gasteiger partial charge >= 0.3 is 17.1 Å². The molecule has 0 amide bonds. The average molecular weight is 335 g/mol. The van der Waals surface area contributed by atoms with Gasteiger partial charge in [-0.3, -0.25) is 14.4 Å². The Hall–Kier alpha value is -2.34. The van der Waals surface area contributed by atoms with Gasteiger partial charge in [-0.2, -0.15) is 0 Å². The number of hydrogen-bond acceptors (Lipinski definition) is 3. The van der Waals surface area contributed by atoms with Gasteiger partial charge in [0, 0.05) is 16.0 Å². The van der Waals surface area contributed by atoms with Crippen molar-refractivity contribution in [1.29, 1.82) is 0 Å². The molecule has 0 saturated carbocycles. The first-order chi connectivity index (χ1) is 10.9. The Kier molecular flexibility index (Phi) is 3.64. The fourth-order valence-corrected chi connectivity index (χ4v) is 3.69. The Morgan fingerprint density at radius 1 is 1.26 bits per heavy atom. The van der Waals surface area contributed by atoms with Gasteiger partial charge in [0.05, 0.1) is 17.8 Å². The molecule has 6 nitrogen and oxygen atoms in total. The van der Waals surface area contributed by atoms with E-state index in [0.29, 0.717) is 28.4 Å². The number of benzene rings is 1. The lowest BCUT2D eigenvalue weighted by Crippen LogP contribution is -2.36. The highest BCUT2D eigenvalue weighted by Crippen LogP contribution is 2.51. The van der Waals surface area contributed by atoms with Crippen LogP contribution in [0.3, 0.4) is 0 Å². The lowest BCUT2D eigenvalue weighted by molar-refractivity contribution is -0.138. The summed E-state index contributed by atoms with van der Waals surface area (Å²) in [6, 6.07) is 5.14. The monoisotopic (exact) mass is 334 g/mol. The average Bonchev–Trinajstić information content (AvgIpc) is 2.70. The lowest BCUT2D eigenvalue weighted by Gasteiger charge is -2.29. The zero-order chi connectivity index (χ0) is 16.8. The Labute approximate surface area is 136 Å². The van der Waals surface area contributed by atoms with Crippen molar-refractivity contribution in [2.75, 3.05) is 0 Å². The maximum absolute atomic E-state index is 11.8. The minimum Gasteiger partial charge on any atom is -0.481 e. The number of rotatable bonds is 4. The fourth-order valence-electron chi connectivity index (χ4n) is 3.52. The van der Waals surface area contributed by atoms with Crippen LogP contribution >= 0.6 is 11.6 Å². The van der Waals surface area contributed by atoms with Crippen molar-refractivity contribution >= 4 is 17.6 Å². The van der Waals surface area contributed by atoms with Crippen LogP contribution in [0.25, 0.3) is 11.3 Å². The van der Waals surface area contributed by atoms with Crippen molar-refractivity contribution < 1.29 is 9.90 Å². The van der Waals surface area contributed by atoms with Gasteiger partial charge in [0.25, 0.3) is 0 Å². The molecule has 1 heterocycles. The molecule has 3 rings (SSSR count). The van der Waals surface area contributed by atoms with E-state index in [0.717, 1.165) is 12.0 Å². The highest BCUT2D eigenvalue weighted by atomic mass is 35.5. The molecule has 120 valence electrons. The van der Waals surface area contributed by atoms with E-state index >= 15 is 0 Å². The second kappa shape index (κ2) is 5.38. The number of carbonyl (C=O) groups is 1. The van der Waals surface area contributed by atoms with Gasteiger partial charge in [-0.05, 0) is 24.1 Å². The Balaban J connectivity index is 2.41. The third kappa shape index (κ3) is 2.30. The third-order valence-electron chi connectivity index (χ3n) is 4.31. The van der Waals surface area contributed by atoms with Crippen LogP contribution in [0.1, 0.15) is 37.4 Å². The summed E-state index contributed by atoms with van der Waals surface area (Å²) in [6.07, 6.45) is 1.07. The molecule has 2 aromatic rings. The maximum Gasteiger partial charge on any atom is 0.314 e. The zero-order valence-corrected chi connectivity index (χ0v) is 13.2. The predicted octanol–water partition coefficient (Wildman–Crippen LogP) is 2.26. The highest BCUT2D eigenvalue weighted by Gasteiger charge is 2.46. The minimum atomic E-state index is -0.973. The first-order valence-electron chi connectivity index (χ1n) is 7.28. The van der Waals surface area contributed by atoms with Gasteiger partial charge in [-0.15, -0.1) is 0 Å². The van der Waals surface area contributed by atoms with Crippen molar-refractivity contribution in [1.82, 2.24) is 9.97 Å². The van der Waals surface area contributed by atoms with Gasteiger partial charge in [-0.25, -0.2) is 0 Å². The van der Waals surface area contributed by atoms with Crippen LogP contribution in [0.5, 0.6) is 0 Å². The van der Waals surface area contributed by atoms with Gasteiger partial charge in [-0.1, -0.05) is 31.0 Å². The fraction of sp³-hybridized carbons (Fsp3) is 0.312. The molecule has 1 unspecified atom stereocenters. The van der Waals surface area contributed by atoms with E-state index in [9.17, 15) is 19.5 Å².